The van der Waals surface area contributed by atoms with Crippen molar-refractivity contribution in [2.24, 2.45) is 5.92 Å². The minimum atomic E-state index is -0.142. The summed E-state index contributed by atoms with van der Waals surface area (Å²) in [6, 6.07) is 0.523. The molecule has 1 saturated carbocycles. The van der Waals surface area contributed by atoms with Crippen molar-refractivity contribution < 1.29 is 5.11 Å². The highest BCUT2D eigenvalue weighted by atomic mass is 16.3. The Labute approximate surface area is 93.9 Å². The first kappa shape index (κ1) is 12.9. The Kier molecular flexibility index (Phi) is 4.56. The second kappa shape index (κ2) is 5.28. The summed E-state index contributed by atoms with van der Waals surface area (Å²) < 4.78 is 0. The third-order valence-corrected chi connectivity index (χ3v) is 3.69. The fourth-order valence-corrected chi connectivity index (χ4v) is 1.94. The van der Waals surface area contributed by atoms with Gasteiger partial charge in [0.1, 0.15) is 0 Å². The molecule has 0 aromatic rings. The molecule has 0 radical (unpaired) electrons. The molecule has 0 aliphatic heterocycles. The third kappa shape index (κ3) is 4.09. The first-order valence-electron chi connectivity index (χ1n) is 6.01. The molecule has 2 atom stereocenters. The lowest BCUT2D eigenvalue weighted by Gasteiger charge is -2.34. The van der Waals surface area contributed by atoms with Gasteiger partial charge in [0.05, 0.1) is 6.61 Å². The summed E-state index contributed by atoms with van der Waals surface area (Å²) in [7, 11) is 4.11. The number of hydrogen-bond donors (Lipinski definition) is 2. The van der Waals surface area contributed by atoms with E-state index in [1.54, 1.807) is 0 Å². The number of rotatable bonds is 7. The minimum Gasteiger partial charge on any atom is -0.394 e. The molecule has 3 nitrogen and oxygen atoms in total. The Hall–Kier alpha value is -0.120. The smallest absolute Gasteiger partial charge is 0.0611 e. The van der Waals surface area contributed by atoms with E-state index in [0.29, 0.717) is 6.04 Å². The van der Waals surface area contributed by atoms with Gasteiger partial charge in [-0.3, -0.25) is 0 Å². The van der Waals surface area contributed by atoms with Crippen LogP contribution in [0.3, 0.4) is 0 Å². The lowest BCUT2D eigenvalue weighted by Crippen LogP contribution is -2.48. The molecule has 1 fully saturated rings. The highest BCUT2D eigenvalue weighted by molar-refractivity contribution is 4.86. The third-order valence-electron chi connectivity index (χ3n) is 3.69. The topological polar surface area (TPSA) is 35.5 Å². The molecule has 1 aliphatic rings. The maximum atomic E-state index is 9.33. The molecule has 3 heteroatoms. The normalized spacial score (nSPS) is 22.8. The Morgan fingerprint density at radius 3 is 2.53 bits per heavy atom. The predicted molar refractivity (Wildman–Crippen MR) is 64.0 cm³/mol. The predicted octanol–water partition coefficient (Wildman–Crippen LogP) is 1.08. The summed E-state index contributed by atoms with van der Waals surface area (Å²) in [5.74, 6) is 0.937. The molecule has 2 N–H and O–H groups in total. The maximum absolute atomic E-state index is 9.33. The first-order chi connectivity index (χ1) is 7.00. The average molecular weight is 214 g/mol. The zero-order valence-electron chi connectivity index (χ0n) is 10.6. The van der Waals surface area contributed by atoms with Gasteiger partial charge in [0.2, 0.25) is 0 Å². The van der Waals surface area contributed by atoms with E-state index in [0.717, 1.165) is 12.3 Å². The molecular formula is C12H26N2O. The number of nitrogens with one attached hydrogen (secondary N) is 1. The molecule has 0 spiro atoms. The van der Waals surface area contributed by atoms with E-state index in [1.807, 2.05) is 7.05 Å². The van der Waals surface area contributed by atoms with Crippen LogP contribution in [0.1, 0.15) is 33.1 Å². The molecule has 0 aromatic heterocycles. The summed E-state index contributed by atoms with van der Waals surface area (Å²) in [4.78, 5) is 2.42. The van der Waals surface area contributed by atoms with E-state index >= 15 is 0 Å². The van der Waals surface area contributed by atoms with Crippen LogP contribution in [-0.4, -0.2) is 48.8 Å². The Morgan fingerprint density at radius 1 is 1.53 bits per heavy atom. The Balaban J connectivity index is 2.34. The van der Waals surface area contributed by atoms with Crippen molar-refractivity contribution in [1.82, 2.24) is 10.2 Å². The lowest BCUT2D eigenvalue weighted by molar-refractivity contribution is 0.130. The van der Waals surface area contributed by atoms with Gasteiger partial charge in [-0.2, -0.15) is 0 Å². The van der Waals surface area contributed by atoms with Gasteiger partial charge < -0.3 is 15.3 Å². The van der Waals surface area contributed by atoms with Crippen LogP contribution in [0.5, 0.6) is 0 Å². The van der Waals surface area contributed by atoms with Gasteiger partial charge in [-0.15, -0.1) is 0 Å². The van der Waals surface area contributed by atoms with Crippen LogP contribution in [0.15, 0.2) is 0 Å². The molecule has 0 amide bonds. The van der Waals surface area contributed by atoms with Crippen LogP contribution in [-0.2, 0) is 0 Å². The number of aliphatic hydroxyl groups is 1. The molecule has 0 heterocycles. The van der Waals surface area contributed by atoms with Crippen molar-refractivity contribution in [2.75, 3.05) is 27.2 Å². The van der Waals surface area contributed by atoms with Crippen molar-refractivity contribution in [3.05, 3.63) is 0 Å². The van der Waals surface area contributed by atoms with Crippen LogP contribution >= 0.6 is 0 Å². The highest BCUT2D eigenvalue weighted by Gasteiger charge is 2.28. The monoisotopic (exact) mass is 214 g/mol. The molecular weight excluding hydrogens is 188 g/mol. The molecule has 1 aliphatic carbocycles. The summed E-state index contributed by atoms with van der Waals surface area (Å²) in [6.07, 6.45) is 3.80. The van der Waals surface area contributed by atoms with E-state index in [9.17, 15) is 5.11 Å². The average Bonchev–Trinajstić information content (AvgIpc) is 3.01. The Morgan fingerprint density at radius 2 is 2.13 bits per heavy atom. The van der Waals surface area contributed by atoms with Gasteiger partial charge in [0.15, 0.2) is 0 Å². The zero-order chi connectivity index (χ0) is 11.5. The molecule has 15 heavy (non-hydrogen) atoms. The second-order valence-electron chi connectivity index (χ2n) is 5.40. The van der Waals surface area contributed by atoms with Crippen molar-refractivity contribution >= 4 is 0 Å². The largest absolute Gasteiger partial charge is 0.394 e. The number of hydrogen-bond acceptors (Lipinski definition) is 3. The summed E-state index contributed by atoms with van der Waals surface area (Å²) in [5, 5.41) is 12.5. The van der Waals surface area contributed by atoms with Crippen LogP contribution in [0, 0.1) is 5.92 Å². The van der Waals surface area contributed by atoms with Crippen molar-refractivity contribution in [3.63, 3.8) is 0 Å². The molecule has 0 bridgehead atoms. The quantitative estimate of drug-likeness (QED) is 0.665. The van der Waals surface area contributed by atoms with Gasteiger partial charge in [-0.25, -0.2) is 0 Å². The van der Waals surface area contributed by atoms with Crippen LogP contribution in [0.2, 0.25) is 0 Å². The van der Waals surface area contributed by atoms with E-state index in [4.69, 9.17) is 0 Å². The van der Waals surface area contributed by atoms with Gasteiger partial charge in [0, 0.05) is 18.1 Å². The maximum Gasteiger partial charge on any atom is 0.0611 e. The summed E-state index contributed by atoms with van der Waals surface area (Å²) >= 11 is 0. The molecule has 90 valence electrons. The van der Waals surface area contributed by atoms with Gasteiger partial charge in [0.25, 0.3) is 0 Å². The summed E-state index contributed by atoms with van der Waals surface area (Å²) in [5.41, 5.74) is -0.142. The number of nitrogens with zero attached hydrogens (tertiary/aromatic N) is 1. The minimum absolute atomic E-state index is 0.142. The van der Waals surface area contributed by atoms with Gasteiger partial charge in [-0.1, -0.05) is 0 Å². The van der Waals surface area contributed by atoms with E-state index in [1.165, 1.54) is 19.4 Å². The fraction of sp³-hybridized carbons (Fsp3) is 1.00. The van der Waals surface area contributed by atoms with Crippen LogP contribution in [0.4, 0.5) is 0 Å². The van der Waals surface area contributed by atoms with Gasteiger partial charge >= 0.3 is 0 Å². The highest BCUT2D eigenvalue weighted by Crippen LogP contribution is 2.30. The second-order valence-corrected chi connectivity index (χ2v) is 5.40. The Bertz CT molecular complexity index is 188. The molecule has 1 rings (SSSR count). The molecule has 0 saturated heterocycles. The van der Waals surface area contributed by atoms with E-state index in [2.05, 4.69) is 31.1 Å². The first-order valence-corrected chi connectivity index (χ1v) is 6.01. The van der Waals surface area contributed by atoms with Crippen molar-refractivity contribution in [1.29, 1.82) is 0 Å². The number of aliphatic hydroxyl groups excluding tert-OH is 1. The molecule has 0 aromatic carbocycles. The lowest BCUT2D eigenvalue weighted by atomic mass is 9.94. The van der Waals surface area contributed by atoms with E-state index < -0.39 is 0 Å². The molecule has 2 unspecified atom stereocenters. The number of likely N-dealkylation sites (N-methyl/N-ethyl adjacent to an activating group) is 1. The van der Waals surface area contributed by atoms with E-state index in [-0.39, 0.29) is 12.1 Å². The van der Waals surface area contributed by atoms with Gasteiger partial charge in [-0.05, 0) is 53.1 Å². The summed E-state index contributed by atoms with van der Waals surface area (Å²) in [6.45, 7) is 5.74. The standard InChI is InChI=1S/C12H26N2O/c1-10(7-12(2,9-15)13-3)14(4)8-11-5-6-11/h10-11,13,15H,5-9H2,1-4H3. The van der Waals surface area contributed by atoms with Crippen molar-refractivity contribution in [3.8, 4) is 0 Å². The van der Waals surface area contributed by atoms with Crippen molar-refractivity contribution in [2.45, 2.75) is 44.7 Å². The van der Waals surface area contributed by atoms with Crippen LogP contribution in [0.25, 0.3) is 0 Å². The SMILES string of the molecule is CNC(C)(CO)CC(C)N(C)CC1CC1. The fourth-order valence-electron chi connectivity index (χ4n) is 1.94. The van der Waals surface area contributed by atoms with Crippen LogP contribution < -0.4 is 5.32 Å². The zero-order valence-corrected chi connectivity index (χ0v) is 10.6.